The summed E-state index contributed by atoms with van der Waals surface area (Å²) in [7, 11) is 2.11. The monoisotopic (exact) mass is 387 g/mol. The number of imidazole rings is 1. The second-order valence-electron chi connectivity index (χ2n) is 7.18. The van der Waals surface area contributed by atoms with Crippen LogP contribution in [0.25, 0.3) is 11.0 Å². The summed E-state index contributed by atoms with van der Waals surface area (Å²) in [5.41, 5.74) is 2.64. The van der Waals surface area contributed by atoms with Crippen LogP contribution in [0.1, 0.15) is 12.0 Å². The van der Waals surface area contributed by atoms with E-state index < -0.39 is 0 Å². The molecule has 148 valence electrons. The quantitative estimate of drug-likeness (QED) is 0.555. The first-order valence-corrected chi connectivity index (χ1v) is 9.95. The van der Waals surface area contributed by atoms with Crippen molar-refractivity contribution >= 4 is 23.0 Å². The van der Waals surface area contributed by atoms with Crippen molar-refractivity contribution < 1.29 is 4.79 Å². The van der Waals surface area contributed by atoms with Gasteiger partial charge in [0.25, 0.3) is 0 Å². The fraction of sp³-hybridized carbons (Fsp3) is 0.304. The summed E-state index contributed by atoms with van der Waals surface area (Å²) < 4.78 is 1.70. The number of piperazine rings is 1. The first-order valence-electron chi connectivity index (χ1n) is 9.95. The normalized spacial score (nSPS) is 14.4. The van der Waals surface area contributed by atoms with Crippen LogP contribution >= 0.6 is 0 Å². The zero-order valence-electron chi connectivity index (χ0n) is 16.6. The lowest BCUT2D eigenvalue weighted by Crippen LogP contribution is -2.46. The molecule has 0 unspecified atom stereocenters. The highest BCUT2D eigenvalue weighted by molar-refractivity contribution is 5.93. The first kappa shape index (κ1) is 19.0. The van der Waals surface area contributed by atoms with Crippen molar-refractivity contribution in [1.82, 2.24) is 19.8 Å². The molecule has 3 aromatic rings. The zero-order chi connectivity index (χ0) is 20.1. The third-order valence-corrected chi connectivity index (χ3v) is 5.07. The van der Waals surface area contributed by atoms with E-state index in [2.05, 4.69) is 34.0 Å². The Labute approximate surface area is 171 Å². The van der Waals surface area contributed by atoms with Crippen molar-refractivity contribution in [2.24, 2.45) is 0 Å². The van der Waals surface area contributed by atoms with Gasteiger partial charge in [-0.25, -0.2) is 14.3 Å². The molecule has 1 aliphatic heterocycles. The molecular formula is C23H25N5O. The summed E-state index contributed by atoms with van der Waals surface area (Å²) in [6.07, 6.45) is 0.594. The van der Waals surface area contributed by atoms with Crippen LogP contribution in [0.4, 0.5) is 10.7 Å². The van der Waals surface area contributed by atoms with Crippen LogP contribution < -0.4 is 10.2 Å². The second-order valence-corrected chi connectivity index (χ2v) is 7.18. The van der Waals surface area contributed by atoms with Crippen LogP contribution in [0.5, 0.6) is 0 Å². The van der Waals surface area contributed by atoms with Crippen LogP contribution in [-0.2, 0) is 0 Å². The molecule has 1 amide bonds. The summed E-state index contributed by atoms with van der Waals surface area (Å²) in [6.45, 7) is 4.12. The molecule has 1 aromatic heterocycles. The van der Waals surface area contributed by atoms with Gasteiger partial charge in [0, 0.05) is 44.7 Å². The molecule has 0 saturated carbocycles. The Balaban J connectivity index is 1.48. The van der Waals surface area contributed by atoms with Crippen LogP contribution in [0.15, 0.2) is 54.6 Å². The van der Waals surface area contributed by atoms with Gasteiger partial charge in [0.2, 0.25) is 5.95 Å². The Morgan fingerprint density at radius 1 is 1.03 bits per heavy atom. The van der Waals surface area contributed by atoms with Crippen molar-refractivity contribution in [1.29, 1.82) is 0 Å². The van der Waals surface area contributed by atoms with Crippen LogP contribution in [0.3, 0.4) is 0 Å². The largest absolute Gasteiger partial charge is 0.339 e. The van der Waals surface area contributed by atoms with E-state index in [0.29, 0.717) is 18.9 Å². The van der Waals surface area contributed by atoms with E-state index in [4.69, 9.17) is 4.98 Å². The molecule has 4 rings (SSSR count). The number of anilines is 1. The van der Waals surface area contributed by atoms with E-state index in [-0.39, 0.29) is 6.03 Å². The fourth-order valence-corrected chi connectivity index (χ4v) is 3.43. The van der Waals surface area contributed by atoms with Crippen molar-refractivity contribution in [3.63, 3.8) is 0 Å². The number of hydrogen-bond acceptors (Lipinski definition) is 4. The zero-order valence-corrected chi connectivity index (χ0v) is 16.6. The number of para-hydroxylation sites is 2. The maximum absolute atomic E-state index is 13.0. The summed E-state index contributed by atoms with van der Waals surface area (Å²) in [5.74, 6) is 6.95. The van der Waals surface area contributed by atoms with Gasteiger partial charge in [-0.15, -0.1) is 0 Å². The predicted octanol–water partition coefficient (Wildman–Crippen LogP) is 2.79. The molecule has 1 fully saturated rings. The smallest absolute Gasteiger partial charge is 0.328 e. The molecular weight excluding hydrogens is 362 g/mol. The minimum absolute atomic E-state index is 0.158. The van der Waals surface area contributed by atoms with Gasteiger partial charge >= 0.3 is 6.03 Å². The summed E-state index contributed by atoms with van der Waals surface area (Å²) in [4.78, 5) is 22.2. The third kappa shape index (κ3) is 4.41. The van der Waals surface area contributed by atoms with E-state index >= 15 is 0 Å². The minimum atomic E-state index is -0.158. The highest BCUT2D eigenvalue weighted by Gasteiger charge is 2.23. The lowest BCUT2D eigenvalue weighted by Gasteiger charge is -2.33. The Hall–Kier alpha value is -3.30. The van der Waals surface area contributed by atoms with Crippen LogP contribution in [0, 0.1) is 11.8 Å². The molecule has 2 aromatic carbocycles. The molecule has 1 saturated heterocycles. The highest BCUT2D eigenvalue weighted by Crippen LogP contribution is 2.23. The lowest BCUT2D eigenvalue weighted by molar-refractivity contribution is 0.243. The fourth-order valence-electron chi connectivity index (χ4n) is 3.43. The van der Waals surface area contributed by atoms with Crippen molar-refractivity contribution in [2.75, 3.05) is 44.7 Å². The van der Waals surface area contributed by atoms with E-state index in [9.17, 15) is 4.79 Å². The predicted molar refractivity (Wildman–Crippen MR) is 116 cm³/mol. The lowest BCUT2D eigenvalue weighted by atomic mass is 10.2. The average Bonchev–Trinajstić information content (AvgIpc) is 3.14. The molecule has 1 N–H and O–H groups in total. The maximum atomic E-state index is 13.0. The van der Waals surface area contributed by atoms with Gasteiger partial charge < -0.3 is 15.1 Å². The summed E-state index contributed by atoms with van der Waals surface area (Å²) in [5, 5.41) is 3.00. The average molecular weight is 387 g/mol. The Bertz CT molecular complexity index is 1040. The molecule has 0 radical (unpaired) electrons. The van der Waals surface area contributed by atoms with Gasteiger partial charge in [0.1, 0.15) is 0 Å². The standard InChI is InChI=1S/C23H25N5O/c1-26-15-17-27(18-16-26)22-25-20-12-5-6-13-21(20)28(22)23(29)24-14-8-7-11-19-9-3-2-4-10-19/h2-6,9-10,12-13H,8,14-18H2,1H3,(H,24,29). The number of fused-ring (bicyclic) bond motifs is 1. The van der Waals surface area contributed by atoms with Crippen LogP contribution in [-0.4, -0.2) is 60.3 Å². The summed E-state index contributed by atoms with van der Waals surface area (Å²) >= 11 is 0. The second kappa shape index (κ2) is 8.80. The molecule has 1 aliphatic rings. The van der Waals surface area contributed by atoms with Gasteiger partial charge in [0.15, 0.2) is 0 Å². The molecule has 6 nitrogen and oxygen atoms in total. The number of carbonyl (C=O) groups is 1. The van der Waals surface area contributed by atoms with Crippen molar-refractivity contribution in [3.8, 4) is 11.8 Å². The number of rotatable bonds is 3. The van der Waals surface area contributed by atoms with Gasteiger partial charge in [-0.05, 0) is 31.3 Å². The maximum Gasteiger partial charge on any atom is 0.328 e. The van der Waals surface area contributed by atoms with Gasteiger partial charge in [0.05, 0.1) is 11.0 Å². The molecule has 29 heavy (non-hydrogen) atoms. The Kier molecular flexibility index (Phi) is 5.78. The minimum Gasteiger partial charge on any atom is -0.339 e. The van der Waals surface area contributed by atoms with E-state index in [1.54, 1.807) is 4.57 Å². The number of amides is 1. The van der Waals surface area contributed by atoms with Gasteiger partial charge in [-0.1, -0.05) is 42.2 Å². The van der Waals surface area contributed by atoms with Gasteiger partial charge in [-0.3, -0.25) is 0 Å². The molecule has 2 heterocycles. The summed E-state index contributed by atoms with van der Waals surface area (Å²) in [6, 6.07) is 17.5. The number of nitrogens with one attached hydrogen (secondary N) is 1. The van der Waals surface area contributed by atoms with E-state index in [1.807, 2.05) is 54.6 Å². The van der Waals surface area contributed by atoms with Crippen molar-refractivity contribution in [3.05, 3.63) is 60.2 Å². The highest BCUT2D eigenvalue weighted by atomic mass is 16.2. The number of aromatic nitrogens is 2. The Morgan fingerprint density at radius 2 is 1.76 bits per heavy atom. The number of carbonyl (C=O) groups excluding carboxylic acids is 1. The SMILES string of the molecule is CN1CCN(c2nc3ccccc3n2C(=O)NCCC#Cc2ccccc2)CC1. The topological polar surface area (TPSA) is 53.4 Å². The molecule has 0 atom stereocenters. The molecule has 0 aliphatic carbocycles. The molecule has 6 heteroatoms. The number of benzene rings is 2. The molecule has 0 spiro atoms. The van der Waals surface area contributed by atoms with Crippen LogP contribution in [0.2, 0.25) is 0 Å². The van der Waals surface area contributed by atoms with E-state index in [1.165, 1.54) is 0 Å². The number of hydrogen-bond donors (Lipinski definition) is 1. The first-order chi connectivity index (χ1) is 14.2. The van der Waals surface area contributed by atoms with Crippen molar-refractivity contribution in [2.45, 2.75) is 6.42 Å². The number of likely N-dealkylation sites (N-methyl/N-ethyl adjacent to an activating group) is 1. The number of nitrogens with zero attached hydrogens (tertiary/aromatic N) is 4. The van der Waals surface area contributed by atoms with Gasteiger partial charge in [-0.2, -0.15) is 0 Å². The third-order valence-electron chi connectivity index (χ3n) is 5.07. The Morgan fingerprint density at radius 3 is 2.55 bits per heavy atom. The molecule has 0 bridgehead atoms. The van der Waals surface area contributed by atoms with E-state index in [0.717, 1.165) is 42.8 Å².